The summed E-state index contributed by atoms with van der Waals surface area (Å²) >= 11 is 0. The Morgan fingerprint density at radius 3 is 2.50 bits per heavy atom. The molecule has 5 heteroatoms. The zero-order valence-corrected chi connectivity index (χ0v) is 10.1. The smallest absolute Gasteiger partial charge is 0.251 e. The molecule has 1 rings (SSSR count). The Kier molecular flexibility index (Phi) is 4.29. The third kappa shape index (κ3) is 2.95. The van der Waals surface area contributed by atoms with Gasteiger partial charge in [-0.3, -0.25) is 9.59 Å². The minimum atomic E-state index is -1.03. The van der Waals surface area contributed by atoms with E-state index in [0.717, 1.165) is 6.42 Å². The van der Waals surface area contributed by atoms with E-state index >= 15 is 0 Å². The predicted octanol–water partition coefficient (Wildman–Crippen LogP) is -0.117. The number of hydrogen-bond acceptors (Lipinski definition) is 3. The van der Waals surface area contributed by atoms with Gasteiger partial charge in [0.05, 0.1) is 0 Å². The van der Waals surface area contributed by atoms with Gasteiger partial charge in [-0.25, -0.2) is 0 Å². The summed E-state index contributed by atoms with van der Waals surface area (Å²) < 4.78 is 0. The van der Waals surface area contributed by atoms with Crippen molar-refractivity contribution in [1.82, 2.24) is 10.2 Å². The Balaban J connectivity index is 2.65. The first kappa shape index (κ1) is 13.0. The molecular formula is C11H20N2O3. The maximum Gasteiger partial charge on any atom is 0.251 e. The molecule has 0 unspecified atom stereocenters. The second-order valence-corrected chi connectivity index (χ2v) is 4.53. The highest BCUT2D eigenvalue weighted by Gasteiger charge is 2.35. The second kappa shape index (κ2) is 5.30. The molecule has 2 N–H and O–H groups in total. The molecule has 0 aromatic rings. The second-order valence-electron chi connectivity index (χ2n) is 4.53. The molecule has 1 saturated heterocycles. The molecule has 0 aromatic carbocycles. The van der Waals surface area contributed by atoms with E-state index in [-0.39, 0.29) is 17.9 Å². The van der Waals surface area contributed by atoms with Crippen molar-refractivity contribution in [3.8, 4) is 0 Å². The Morgan fingerprint density at radius 1 is 1.38 bits per heavy atom. The van der Waals surface area contributed by atoms with E-state index < -0.39 is 12.1 Å². The number of carbonyl (C=O) groups excluding carboxylic acids is 2. The van der Waals surface area contributed by atoms with Gasteiger partial charge in [-0.2, -0.15) is 0 Å². The monoisotopic (exact) mass is 228 g/mol. The number of amides is 2. The van der Waals surface area contributed by atoms with Crippen molar-refractivity contribution < 1.29 is 14.7 Å². The molecule has 0 aliphatic carbocycles. The molecule has 1 fully saturated rings. The highest BCUT2D eigenvalue weighted by Crippen LogP contribution is 2.18. The fraction of sp³-hybridized carbons (Fsp3) is 0.818. The largest absolute Gasteiger partial charge is 0.384 e. The number of carbonyl (C=O) groups is 2. The van der Waals surface area contributed by atoms with Gasteiger partial charge in [0.25, 0.3) is 5.91 Å². The van der Waals surface area contributed by atoms with Crippen LogP contribution >= 0.6 is 0 Å². The Hall–Kier alpha value is -1.10. The van der Waals surface area contributed by atoms with Crippen molar-refractivity contribution in [2.75, 3.05) is 6.54 Å². The maximum absolute atomic E-state index is 11.8. The van der Waals surface area contributed by atoms with Gasteiger partial charge < -0.3 is 15.3 Å². The maximum atomic E-state index is 11.8. The Bertz CT molecular complexity index is 276. The van der Waals surface area contributed by atoms with Crippen LogP contribution in [0.25, 0.3) is 0 Å². The number of nitrogens with zero attached hydrogens (tertiary/aromatic N) is 1. The van der Waals surface area contributed by atoms with E-state index in [1.165, 1.54) is 11.8 Å². The average molecular weight is 228 g/mol. The lowest BCUT2D eigenvalue weighted by atomic mass is 10.2. The number of rotatable bonds is 3. The van der Waals surface area contributed by atoms with E-state index in [4.69, 9.17) is 0 Å². The summed E-state index contributed by atoms with van der Waals surface area (Å²) in [6, 6.07) is -0.346. The van der Waals surface area contributed by atoms with Crippen molar-refractivity contribution in [3.63, 3.8) is 0 Å². The average Bonchev–Trinajstić information content (AvgIpc) is 2.63. The molecule has 2 atom stereocenters. The summed E-state index contributed by atoms with van der Waals surface area (Å²) in [4.78, 5) is 24.9. The Labute approximate surface area is 95.8 Å². The Morgan fingerprint density at radius 2 is 2.00 bits per heavy atom. The van der Waals surface area contributed by atoms with Gasteiger partial charge in [-0.1, -0.05) is 0 Å². The van der Waals surface area contributed by atoms with Gasteiger partial charge in [0.2, 0.25) is 5.91 Å². The lowest BCUT2D eigenvalue weighted by Gasteiger charge is -2.25. The standard InChI is InChI=1S/C11H20N2O3/c1-7(2)12-10(15)9-5-4-6-13(9)11(16)8(3)14/h7-9,14H,4-6H2,1-3H3,(H,12,15)/t8-,9-/m0/s1. The summed E-state index contributed by atoms with van der Waals surface area (Å²) in [6.07, 6.45) is 0.457. The lowest BCUT2D eigenvalue weighted by molar-refractivity contribution is -0.144. The first-order valence-electron chi connectivity index (χ1n) is 5.72. The van der Waals surface area contributed by atoms with E-state index in [2.05, 4.69) is 5.32 Å². The van der Waals surface area contributed by atoms with Crippen LogP contribution in [0.1, 0.15) is 33.6 Å². The van der Waals surface area contributed by atoms with E-state index in [1.54, 1.807) is 0 Å². The highest BCUT2D eigenvalue weighted by atomic mass is 16.3. The summed E-state index contributed by atoms with van der Waals surface area (Å²) in [6.45, 7) is 5.75. The van der Waals surface area contributed by atoms with Gasteiger partial charge in [0, 0.05) is 12.6 Å². The first-order chi connectivity index (χ1) is 7.43. The fourth-order valence-electron chi connectivity index (χ4n) is 1.92. The van der Waals surface area contributed by atoms with Crippen LogP contribution in [0.5, 0.6) is 0 Å². The van der Waals surface area contributed by atoms with Crippen molar-refractivity contribution in [1.29, 1.82) is 0 Å². The zero-order chi connectivity index (χ0) is 12.3. The van der Waals surface area contributed by atoms with Crippen LogP contribution in [0, 0.1) is 0 Å². The van der Waals surface area contributed by atoms with Crippen LogP contribution in [0.3, 0.4) is 0 Å². The van der Waals surface area contributed by atoms with Gasteiger partial charge in [-0.05, 0) is 33.6 Å². The first-order valence-corrected chi connectivity index (χ1v) is 5.72. The third-order valence-electron chi connectivity index (χ3n) is 2.63. The van der Waals surface area contributed by atoms with Crippen LogP contribution in [0.2, 0.25) is 0 Å². The van der Waals surface area contributed by atoms with E-state index in [9.17, 15) is 14.7 Å². The van der Waals surface area contributed by atoms with E-state index in [1.807, 2.05) is 13.8 Å². The van der Waals surface area contributed by atoms with Gasteiger partial charge in [0.1, 0.15) is 12.1 Å². The zero-order valence-electron chi connectivity index (χ0n) is 10.1. The van der Waals surface area contributed by atoms with Crippen LogP contribution in [-0.2, 0) is 9.59 Å². The molecule has 0 bridgehead atoms. The topological polar surface area (TPSA) is 69.6 Å². The predicted molar refractivity (Wildman–Crippen MR) is 59.7 cm³/mol. The number of aliphatic hydroxyl groups excluding tert-OH is 1. The lowest BCUT2D eigenvalue weighted by Crippen LogP contribution is -2.49. The minimum absolute atomic E-state index is 0.0663. The number of hydrogen-bond donors (Lipinski definition) is 2. The third-order valence-corrected chi connectivity index (χ3v) is 2.63. The summed E-state index contributed by atoms with van der Waals surface area (Å²) in [5.74, 6) is -0.483. The normalized spacial score (nSPS) is 22.3. The molecule has 0 saturated carbocycles. The summed E-state index contributed by atoms with van der Waals surface area (Å²) in [7, 11) is 0. The van der Waals surface area contributed by atoms with Crippen molar-refractivity contribution in [2.45, 2.75) is 51.8 Å². The van der Waals surface area contributed by atoms with Crippen molar-refractivity contribution in [3.05, 3.63) is 0 Å². The molecule has 1 aliphatic heterocycles. The molecule has 5 nitrogen and oxygen atoms in total. The number of likely N-dealkylation sites (tertiary alicyclic amines) is 1. The molecular weight excluding hydrogens is 208 g/mol. The van der Waals surface area contributed by atoms with E-state index in [0.29, 0.717) is 13.0 Å². The minimum Gasteiger partial charge on any atom is -0.384 e. The molecule has 0 radical (unpaired) electrons. The van der Waals surface area contributed by atoms with Crippen LogP contribution in [0.4, 0.5) is 0 Å². The molecule has 92 valence electrons. The quantitative estimate of drug-likeness (QED) is 0.707. The molecule has 2 amide bonds. The molecule has 1 aliphatic rings. The van der Waals surface area contributed by atoms with Gasteiger partial charge >= 0.3 is 0 Å². The summed E-state index contributed by atoms with van der Waals surface area (Å²) in [5.41, 5.74) is 0. The SMILES string of the molecule is CC(C)NC(=O)[C@@H]1CCCN1C(=O)[C@H](C)O. The van der Waals surface area contributed by atoms with Crippen LogP contribution < -0.4 is 5.32 Å². The van der Waals surface area contributed by atoms with Crippen LogP contribution in [0.15, 0.2) is 0 Å². The molecule has 16 heavy (non-hydrogen) atoms. The number of nitrogens with one attached hydrogen (secondary N) is 1. The fourth-order valence-corrected chi connectivity index (χ4v) is 1.92. The molecule has 1 heterocycles. The molecule has 0 aromatic heterocycles. The summed E-state index contributed by atoms with van der Waals surface area (Å²) in [5, 5.41) is 12.0. The van der Waals surface area contributed by atoms with Crippen molar-refractivity contribution >= 4 is 11.8 Å². The highest BCUT2D eigenvalue weighted by molar-refractivity contribution is 5.89. The molecule has 0 spiro atoms. The van der Waals surface area contributed by atoms with Crippen LogP contribution in [-0.4, -0.2) is 46.6 Å². The van der Waals surface area contributed by atoms with Gasteiger partial charge in [-0.15, -0.1) is 0 Å². The number of aliphatic hydroxyl groups is 1. The van der Waals surface area contributed by atoms with Gasteiger partial charge in [0.15, 0.2) is 0 Å². The van der Waals surface area contributed by atoms with Crippen molar-refractivity contribution in [2.24, 2.45) is 0 Å².